The zero-order valence-electron chi connectivity index (χ0n) is 9.27. The van der Waals surface area contributed by atoms with Gasteiger partial charge in [0.2, 0.25) is 0 Å². The van der Waals surface area contributed by atoms with Gasteiger partial charge in [0.1, 0.15) is 0 Å². The largest absolute Gasteiger partial charge is 0.326 e. The molecule has 1 nitrogen and oxygen atoms in total. The van der Waals surface area contributed by atoms with E-state index in [4.69, 9.17) is 11.6 Å². The Morgan fingerprint density at radius 2 is 1.69 bits per heavy atom. The number of nitrogens with zero attached hydrogens (tertiary/aromatic N) is 1. The van der Waals surface area contributed by atoms with Crippen LogP contribution in [0.4, 0.5) is 0 Å². The summed E-state index contributed by atoms with van der Waals surface area (Å²) < 4.78 is 1.24. The lowest BCUT2D eigenvalue weighted by Crippen LogP contribution is -2.53. The van der Waals surface area contributed by atoms with Gasteiger partial charge in [-0.05, 0) is 19.3 Å². The smallest absolute Gasteiger partial charge is 0.0847 e. The Balaban J connectivity index is 2.49. The summed E-state index contributed by atoms with van der Waals surface area (Å²) in [4.78, 5) is 0. The topological polar surface area (TPSA) is 0 Å². The number of hydrogen-bond acceptors (Lipinski definition) is 0. The molecule has 1 fully saturated rings. The first-order valence-corrected chi connectivity index (χ1v) is 5.90. The summed E-state index contributed by atoms with van der Waals surface area (Å²) in [6, 6.07) is 0. The van der Waals surface area contributed by atoms with Crippen LogP contribution in [0.2, 0.25) is 0 Å². The van der Waals surface area contributed by atoms with Gasteiger partial charge in [0, 0.05) is 11.3 Å². The number of alkyl halides is 1. The molecule has 13 heavy (non-hydrogen) atoms. The molecule has 0 aromatic carbocycles. The van der Waals surface area contributed by atoms with E-state index in [1.54, 1.807) is 0 Å². The van der Waals surface area contributed by atoms with Gasteiger partial charge in [-0.25, -0.2) is 0 Å². The summed E-state index contributed by atoms with van der Waals surface area (Å²) >= 11 is 5.96. The SMILES string of the molecule is CC(C)(CCl)C[N+]1(C)CCCCC1. The van der Waals surface area contributed by atoms with Crippen molar-refractivity contribution in [1.82, 2.24) is 0 Å². The van der Waals surface area contributed by atoms with Crippen LogP contribution in [0.5, 0.6) is 0 Å². The number of quaternary nitrogens is 1. The maximum Gasteiger partial charge on any atom is 0.0847 e. The Morgan fingerprint density at radius 1 is 1.15 bits per heavy atom. The Morgan fingerprint density at radius 3 is 2.15 bits per heavy atom. The number of halogens is 1. The van der Waals surface area contributed by atoms with Gasteiger partial charge in [0.25, 0.3) is 0 Å². The lowest BCUT2D eigenvalue weighted by Gasteiger charge is -2.42. The van der Waals surface area contributed by atoms with Gasteiger partial charge >= 0.3 is 0 Å². The zero-order chi connectivity index (χ0) is 9.95. The van der Waals surface area contributed by atoms with Crippen molar-refractivity contribution in [2.75, 3.05) is 32.6 Å². The van der Waals surface area contributed by atoms with Crippen molar-refractivity contribution in [3.8, 4) is 0 Å². The molecule has 0 aliphatic carbocycles. The molecule has 1 saturated heterocycles. The van der Waals surface area contributed by atoms with Crippen LogP contribution in [-0.4, -0.2) is 37.0 Å². The van der Waals surface area contributed by atoms with E-state index in [1.807, 2.05) is 0 Å². The average molecular weight is 205 g/mol. The van der Waals surface area contributed by atoms with Crippen LogP contribution in [0.15, 0.2) is 0 Å². The summed E-state index contributed by atoms with van der Waals surface area (Å²) in [5.41, 5.74) is 0.299. The molecule has 78 valence electrons. The number of hydrogen-bond donors (Lipinski definition) is 0. The van der Waals surface area contributed by atoms with E-state index in [1.165, 1.54) is 43.4 Å². The van der Waals surface area contributed by atoms with E-state index in [2.05, 4.69) is 20.9 Å². The van der Waals surface area contributed by atoms with E-state index in [0.717, 1.165) is 5.88 Å². The highest BCUT2D eigenvalue weighted by molar-refractivity contribution is 6.18. The molecule has 0 amide bonds. The molecule has 0 atom stereocenters. The Kier molecular flexibility index (Phi) is 3.64. The summed E-state index contributed by atoms with van der Waals surface area (Å²) in [7, 11) is 2.38. The van der Waals surface area contributed by atoms with Crippen LogP contribution in [0.3, 0.4) is 0 Å². The molecule has 0 spiro atoms. The first-order valence-electron chi connectivity index (χ1n) is 5.37. The molecule has 1 heterocycles. The van der Waals surface area contributed by atoms with Gasteiger partial charge in [-0.1, -0.05) is 13.8 Å². The standard InChI is InChI=1S/C11H23ClN/c1-11(2,9-12)10-13(3)7-5-4-6-8-13/h4-10H2,1-3H3/q+1. The first-order chi connectivity index (χ1) is 5.97. The van der Waals surface area contributed by atoms with Gasteiger partial charge in [-0.3, -0.25) is 0 Å². The van der Waals surface area contributed by atoms with Crippen LogP contribution in [0, 0.1) is 5.41 Å². The lowest BCUT2D eigenvalue weighted by atomic mass is 9.93. The fourth-order valence-corrected chi connectivity index (χ4v) is 2.59. The van der Waals surface area contributed by atoms with Crippen molar-refractivity contribution < 1.29 is 4.48 Å². The van der Waals surface area contributed by atoms with Gasteiger partial charge in [0.05, 0.1) is 26.7 Å². The van der Waals surface area contributed by atoms with Gasteiger partial charge in [0.15, 0.2) is 0 Å². The summed E-state index contributed by atoms with van der Waals surface area (Å²) in [5, 5.41) is 0. The predicted molar refractivity (Wildman–Crippen MR) is 59.1 cm³/mol. The second-order valence-electron chi connectivity index (χ2n) is 5.58. The molecule has 0 bridgehead atoms. The molecular weight excluding hydrogens is 182 g/mol. The predicted octanol–water partition coefficient (Wildman–Crippen LogP) is 2.88. The minimum absolute atomic E-state index is 0.299. The Labute approximate surface area is 87.7 Å². The van der Waals surface area contributed by atoms with Crippen LogP contribution in [0.1, 0.15) is 33.1 Å². The van der Waals surface area contributed by atoms with Crippen molar-refractivity contribution in [3.05, 3.63) is 0 Å². The third-order valence-electron chi connectivity index (χ3n) is 3.07. The number of piperidine rings is 1. The van der Waals surface area contributed by atoms with E-state index in [-0.39, 0.29) is 0 Å². The van der Waals surface area contributed by atoms with Gasteiger partial charge in [-0.15, -0.1) is 11.6 Å². The molecule has 1 rings (SSSR count). The highest BCUT2D eigenvalue weighted by atomic mass is 35.5. The van der Waals surface area contributed by atoms with Crippen molar-refractivity contribution in [2.45, 2.75) is 33.1 Å². The van der Waals surface area contributed by atoms with Crippen LogP contribution >= 0.6 is 11.6 Å². The highest BCUT2D eigenvalue weighted by Crippen LogP contribution is 2.25. The maximum absolute atomic E-state index is 5.96. The van der Waals surface area contributed by atoms with E-state index in [9.17, 15) is 0 Å². The fraction of sp³-hybridized carbons (Fsp3) is 1.00. The second-order valence-corrected chi connectivity index (χ2v) is 5.85. The quantitative estimate of drug-likeness (QED) is 0.490. The van der Waals surface area contributed by atoms with E-state index in [0.29, 0.717) is 5.41 Å². The molecule has 0 radical (unpaired) electrons. The van der Waals surface area contributed by atoms with Crippen molar-refractivity contribution >= 4 is 11.6 Å². The molecule has 0 unspecified atom stereocenters. The van der Waals surface area contributed by atoms with E-state index < -0.39 is 0 Å². The number of rotatable bonds is 3. The molecule has 0 saturated carbocycles. The minimum atomic E-state index is 0.299. The van der Waals surface area contributed by atoms with Crippen LogP contribution in [-0.2, 0) is 0 Å². The molecule has 0 aromatic rings. The minimum Gasteiger partial charge on any atom is -0.326 e. The lowest BCUT2D eigenvalue weighted by molar-refractivity contribution is -0.919. The molecule has 0 N–H and O–H groups in total. The van der Waals surface area contributed by atoms with Gasteiger partial charge < -0.3 is 4.48 Å². The van der Waals surface area contributed by atoms with Crippen LogP contribution in [0.25, 0.3) is 0 Å². The zero-order valence-corrected chi connectivity index (χ0v) is 10.0. The highest BCUT2D eigenvalue weighted by Gasteiger charge is 2.32. The molecule has 1 aliphatic rings. The van der Waals surface area contributed by atoms with Crippen molar-refractivity contribution in [1.29, 1.82) is 0 Å². The third-order valence-corrected chi connectivity index (χ3v) is 3.79. The molecule has 0 aromatic heterocycles. The normalized spacial score (nSPS) is 23.1. The Hall–Kier alpha value is 0.250. The second kappa shape index (κ2) is 4.18. The number of likely N-dealkylation sites (tertiary alicyclic amines) is 1. The summed E-state index contributed by atoms with van der Waals surface area (Å²) in [6.07, 6.45) is 4.22. The van der Waals surface area contributed by atoms with E-state index >= 15 is 0 Å². The molecule has 2 heteroatoms. The monoisotopic (exact) mass is 204 g/mol. The fourth-order valence-electron chi connectivity index (χ4n) is 2.51. The summed E-state index contributed by atoms with van der Waals surface area (Å²) in [6.45, 7) is 8.48. The van der Waals surface area contributed by atoms with Gasteiger partial charge in [-0.2, -0.15) is 0 Å². The van der Waals surface area contributed by atoms with Crippen LogP contribution < -0.4 is 0 Å². The maximum atomic E-state index is 5.96. The average Bonchev–Trinajstić information content (AvgIpc) is 2.04. The third kappa shape index (κ3) is 3.47. The van der Waals surface area contributed by atoms with Crippen molar-refractivity contribution in [3.63, 3.8) is 0 Å². The molecule has 1 aliphatic heterocycles. The summed E-state index contributed by atoms with van der Waals surface area (Å²) in [5.74, 6) is 0.779. The first kappa shape index (κ1) is 11.3. The Bertz CT molecular complexity index is 159. The van der Waals surface area contributed by atoms with Crippen molar-refractivity contribution in [2.24, 2.45) is 5.41 Å². The molecular formula is C11H23ClN+.